The Bertz CT molecular complexity index is 996. The molecule has 1 heterocycles. The van der Waals surface area contributed by atoms with E-state index in [1.165, 1.54) is 5.56 Å². The number of aromatic carboxylic acids is 1. The summed E-state index contributed by atoms with van der Waals surface area (Å²) in [6.45, 7) is 6.77. The second-order valence-corrected chi connectivity index (χ2v) is 8.56. The summed E-state index contributed by atoms with van der Waals surface area (Å²) in [4.78, 5) is 11.9. The highest BCUT2D eigenvalue weighted by atomic mass is 32.1. The maximum Gasteiger partial charge on any atom is 0.349 e. The van der Waals surface area contributed by atoms with E-state index < -0.39 is 5.97 Å². The van der Waals surface area contributed by atoms with Crippen molar-refractivity contribution in [3.8, 4) is 17.2 Å². The molecular weight excluding hydrogens is 376 g/mol. The molecule has 0 bridgehead atoms. The molecule has 1 aromatic heterocycles. The minimum absolute atomic E-state index is 0.0784. The number of methoxy groups -OCH3 is 2. The molecule has 3 aromatic rings. The summed E-state index contributed by atoms with van der Waals surface area (Å²) in [6, 6.07) is 11.7. The van der Waals surface area contributed by atoms with E-state index in [1.54, 1.807) is 26.4 Å². The summed E-state index contributed by atoms with van der Waals surface area (Å²) < 4.78 is 17.4. The fraction of sp³-hybridized carbons (Fsp3) is 0.318. The number of hydrogen-bond donors (Lipinski definition) is 1. The summed E-state index contributed by atoms with van der Waals surface area (Å²) in [6.07, 6.45) is 0. The summed E-state index contributed by atoms with van der Waals surface area (Å²) in [5.74, 6) is 0.423. The number of carboxylic acid groups (broad SMARTS) is 1. The lowest BCUT2D eigenvalue weighted by molar-refractivity contribution is 0.0698. The van der Waals surface area contributed by atoms with Crippen LogP contribution >= 0.6 is 11.3 Å². The van der Waals surface area contributed by atoms with Crippen molar-refractivity contribution in [3.63, 3.8) is 0 Å². The van der Waals surface area contributed by atoms with Gasteiger partial charge in [0.15, 0.2) is 22.1 Å². The molecule has 0 aliphatic rings. The van der Waals surface area contributed by atoms with Gasteiger partial charge in [0.2, 0.25) is 0 Å². The number of carboxylic acids is 1. The Labute approximate surface area is 168 Å². The molecule has 3 rings (SSSR count). The third-order valence-corrected chi connectivity index (χ3v) is 5.67. The Morgan fingerprint density at radius 3 is 2.18 bits per heavy atom. The lowest BCUT2D eigenvalue weighted by atomic mass is 9.87. The first-order chi connectivity index (χ1) is 13.2. The quantitative estimate of drug-likeness (QED) is 0.592. The number of ether oxygens (including phenoxy) is 3. The molecule has 0 amide bonds. The van der Waals surface area contributed by atoms with E-state index in [1.807, 2.05) is 12.1 Å². The standard InChI is InChI=1S/C22H24O5S/c1-22(2,3)14-8-6-13(7-9-14)12-27-19-15-10-16(25-4)17(26-5)11-18(15)28-20(19)21(23)24/h6-11H,12H2,1-5H3,(H,23,24). The molecule has 0 saturated heterocycles. The molecule has 6 heteroatoms. The second kappa shape index (κ2) is 7.72. The van der Waals surface area contributed by atoms with Crippen LogP contribution in [-0.2, 0) is 12.0 Å². The van der Waals surface area contributed by atoms with E-state index in [-0.39, 0.29) is 16.9 Å². The third-order valence-electron chi connectivity index (χ3n) is 4.55. The van der Waals surface area contributed by atoms with Crippen LogP contribution in [0.1, 0.15) is 41.6 Å². The van der Waals surface area contributed by atoms with Gasteiger partial charge in [0.1, 0.15) is 6.61 Å². The average Bonchev–Trinajstić information content (AvgIpc) is 3.02. The van der Waals surface area contributed by atoms with Crippen molar-refractivity contribution in [1.82, 2.24) is 0 Å². The van der Waals surface area contributed by atoms with E-state index in [2.05, 4.69) is 32.9 Å². The lowest BCUT2D eigenvalue weighted by Gasteiger charge is -2.19. The summed E-state index contributed by atoms with van der Waals surface area (Å²) in [5, 5.41) is 10.3. The Morgan fingerprint density at radius 2 is 1.64 bits per heavy atom. The number of carbonyl (C=O) groups is 1. The van der Waals surface area contributed by atoms with Gasteiger partial charge < -0.3 is 19.3 Å². The van der Waals surface area contributed by atoms with Crippen LogP contribution in [0.2, 0.25) is 0 Å². The van der Waals surface area contributed by atoms with Crippen molar-refractivity contribution in [2.75, 3.05) is 14.2 Å². The molecule has 0 fully saturated rings. The molecule has 148 valence electrons. The van der Waals surface area contributed by atoms with Crippen LogP contribution in [0.5, 0.6) is 17.2 Å². The van der Waals surface area contributed by atoms with E-state index in [4.69, 9.17) is 14.2 Å². The fourth-order valence-corrected chi connectivity index (χ4v) is 3.94. The highest BCUT2D eigenvalue weighted by Gasteiger charge is 2.22. The van der Waals surface area contributed by atoms with E-state index in [0.717, 1.165) is 21.6 Å². The first kappa shape index (κ1) is 20.0. The normalized spacial score (nSPS) is 11.5. The number of hydrogen-bond acceptors (Lipinski definition) is 5. The molecule has 0 unspecified atom stereocenters. The Balaban J connectivity index is 1.95. The highest BCUT2D eigenvalue weighted by Crippen LogP contribution is 2.43. The Hall–Kier alpha value is -2.73. The molecule has 0 saturated carbocycles. The minimum atomic E-state index is -1.02. The van der Waals surface area contributed by atoms with Gasteiger partial charge in [-0.05, 0) is 22.6 Å². The predicted molar refractivity (Wildman–Crippen MR) is 111 cm³/mol. The number of fused-ring (bicyclic) bond motifs is 1. The van der Waals surface area contributed by atoms with Crippen molar-refractivity contribution < 1.29 is 24.1 Å². The summed E-state index contributed by atoms with van der Waals surface area (Å²) in [7, 11) is 3.10. The van der Waals surface area contributed by atoms with Gasteiger partial charge in [-0.1, -0.05) is 45.0 Å². The average molecular weight is 400 g/mol. The monoisotopic (exact) mass is 400 g/mol. The zero-order valence-corrected chi connectivity index (χ0v) is 17.5. The van der Waals surface area contributed by atoms with Crippen LogP contribution < -0.4 is 14.2 Å². The van der Waals surface area contributed by atoms with Crippen molar-refractivity contribution in [1.29, 1.82) is 0 Å². The topological polar surface area (TPSA) is 65.0 Å². The van der Waals surface area contributed by atoms with Gasteiger partial charge in [-0.25, -0.2) is 4.79 Å². The SMILES string of the molecule is COc1cc2sc(C(=O)O)c(OCc3ccc(C(C)(C)C)cc3)c2cc1OC. The molecule has 0 spiro atoms. The molecule has 1 N–H and O–H groups in total. The van der Waals surface area contributed by atoms with Gasteiger partial charge in [0, 0.05) is 16.2 Å². The van der Waals surface area contributed by atoms with Gasteiger partial charge in [0.05, 0.1) is 14.2 Å². The van der Waals surface area contributed by atoms with Crippen LogP contribution in [0.15, 0.2) is 36.4 Å². The minimum Gasteiger partial charge on any atom is -0.493 e. The maximum absolute atomic E-state index is 11.7. The van der Waals surface area contributed by atoms with Crippen molar-refractivity contribution in [2.45, 2.75) is 32.8 Å². The number of benzene rings is 2. The molecule has 2 aromatic carbocycles. The maximum atomic E-state index is 11.7. The van der Waals surface area contributed by atoms with Crippen LogP contribution in [0, 0.1) is 0 Å². The Kier molecular flexibility index (Phi) is 5.52. The smallest absolute Gasteiger partial charge is 0.349 e. The van der Waals surface area contributed by atoms with E-state index >= 15 is 0 Å². The molecule has 28 heavy (non-hydrogen) atoms. The van der Waals surface area contributed by atoms with Crippen LogP contribution in [0.25, 0.3) is 10.1 Å². The zero-order valence-electron chi connectivity index (χ0n) is 16.7. The summed E-state index contributed by atoms with van der Waals surface area (Å²) in [5.41, 5.74) is 2.29. The van der Waals surface area contributed by atoms with Crippen molar-refractivity contribution in [3.05, 3.63) is 52.4 Å². The third kappa shape index (κ3) is 3.92. The second-order valence-electron chi connectivity index (χ2n) is 7.50. The summed E-state index contributed by atoms with van der Waals surface area (Å²) >= 11 is 1.16. The van der Waals surface area contributed by atoms with Gasteiger partial charge in [0.25, 0.3) is 0 Å². The van der Waals surface area contributed by atoms with Gasteiger partial charge in [-0.2, -0.15) is 0 Å². The molecule has 0 aliphatic carbocycles. The van der Waals surface area contributed by atoms with Crippen LogP contribution in [0.4, 0.5) is 0 Å². The Morgan fingerprint density at radius 1 is 1.04 bits per heavy atom. The first-order valence-electron chi connectivity index (χ1n) is 8.88. The fourth-order valence-electron chi connectivity index (χ4n) is 2.94. The van der Waals surface area contributed by atoms with Crippen molar-refractivity contribution >= 4 is 27.4 Å². The lowest BCUT2D eigenvalue weighted by Crippen LogP contribution is -2.10. The molecule has 0 atom stereocenters. The highest BCUT2D eigenvalue weighted by molar-refractivity contribution is 7.21. The van der Waals surface area contributed by atoms with Crippen LogP contribution in [-0.4, -0.2) is 25.3 Å². The van der Waals surface area contributed by atoms with Gasteiger partial charge in [-0.3, -0.25) is 0 Å². The molecule has 0 aliphatic heterocycles. The zero-order chi connectivity index (χ0) is 20.5. The van der Waals surface area contributed by atoms with Crippen LogP contribution in [0.3, 0.4) is 0 Å². The number of rotatable bonds is 6. The first-order valence-corrected chi connectivity index (χ1v) is 9.70. The molecule has 0 radical (unpaired) electrons. The molecule has 5 nitrogen and oxygen atoms in total. The van der Waals surface area contributed by atoms with Crippen molar-refractivity contribution in [2.24, 2.45) is 0 Å². The van der Waals surface area contributed by atoms with Gasteiger partial charge >= 0.3 is 5.97 Å². The van der Waals surface area contributed by atoms with E-state index in [9.17, 15) is 9.90 Å². The van der Waals surface area contributed by atoms with Gasteiger partial charge in [-0.15, -0.1) is 11.3 Å². The predicted octanol–water partition coefficient (Wildman–Crippen LogP) is 5.49. The van der Waals surface area contributed by atoms with E-state index in [0.29, 0.717) is 22.6 Å². The molecular formula is C22H24O5S. The number of thiophene rings is 1. The largest absolute Gasteiger partial charge is 0.493 e.